The van der Waals surface area contributed by atoms with Crippen molar-refractivity contribution in [3.05, 3.63) is 51.2 Å². The van der Waals surface area contributed by atoms with Gasteiger partial charge in [0.05, 0.1) is 23.2 Å². The van der Waals surface area contributed by atoms with Crippen molar-refractivity contribution in [1.82, 2.24) is 19.7 Å². The van der Waals surface area contributed by atoms with Crippen LogP contribution < -0.4 is 15.6 Å². The van der Waals surface area contributed by atoms with Crippen LogP contribution in [0.3, 0.4) is 0 Å². The van der Waals surface area contributed by atoms with Crippen molar-refractivity contribution in [2.75, 3.05) is 5.32 Å². The van der Waals surface area contributed by atoms with Crippen LogP contribution in [0, 0.1) is 11.7 Å². The SMILES string of the molecule is C[C@H]1C[C@H](Oc2nn(CC(=O)Nc3ncc(F)cn3)c(=O)c3ccc(Br)cc23)C1. The summed E-state index contributed by atoms with van der Waals surface area (Å²) in [4.78, 5) is 32.5. The maximum absolute atomic E-state index is 12.9. The number of nitrogens with zero attached hydrogens (tertiary/aromatic N) is 4. The van der Waals surface area contributed by atoms with Gasteiger partial charge in [-0.3, -0.25) is 14.9 Å². The molecule has 0 atom stereocenters. The topological polar surface area (TPSA) is 99.0 Å². The molecule has 1 aliphatic rings. The molecule has 10 heteroatoms. The van der Waals surface area contributed by atoms with E-state index in [2.05, 4.69) is 43.2 Å². The van der Waals surface area contributed by atoms with Crippen LogP contribution in [0.15, 0.2) is 39.9 Å². The fourth-order valence-electron chi connectivity index (χ4n) is 3.18. The van der Waals surface area contributed by atoms with E-state index in [1.807, 2.05) is 0 Å². The lowest BCUT2D eigenvalue weighted by atomic mass is 9.84. The number of ether oxygens (including phenoxy) is 1. The molecule has 1 N–H and O–H groups in total. The third-order valence-electron chi connectivity index (χ3n) is 4.66. The van der Waals surface area contributed by atoms with Gasteiger partial charge in [0.15, 0.2) is 5.82 Å². The summed E-state index contributed by atoms with van der Waals surface area (Å²) in [5.41, 5.74) is -0.419. The summed E-state index contributed by atoms with van der Waals surface area (Å²) in [5.74, 6) is -0.345. The molecular weight excluding hydrogens is 445 g/mol. The Morgan fingerprint density at radius 3 is 2.72 bits per heavy atom. The van der Waals surface area contributed by atoms with Gasteiger partial charge in [-0.15, -0.1) is 5.10 Å². The quantitative estimate of drug-likeness (QED) is 0.626. The first-order chi connectivity index (χ1) is 13.9. The number of benzene rings is 1. The largest absolute Gasteiger partial charge is 0.473 e. The van der Waals surface area contributed by atoms with E-state index in [0.29, 0.717) is 22.6 Å². The number of aromatic nitrogens is 4. The van der Waals surface area contributed by atoms with Crippen molar-refractivity contribution in [3.63, 3.8) is 0 Å². The number of anilines is 1. The average molecular weight is 462 g/mol. The molecule has 0 spiro atoms. The highest BCUT2D eigenvalue weighted by Crippen LogP contribution is 2.32. The minimum atomic E-state index is -0.617. The van der Waals surface area contributed by atoms with Gasteiger partial charge >= 0.3 is 0 Å². The summed E-state index contributed by atoms with van der Waals surface area (Å²) in [6.07, 6.45) is 3.74. The van der Waals surface area contributed by atoms with Gasteiger partial charge in [0.25, 0.3) is 5.56 Å². The molecule has 1 amide bonds. The fourth-order valence-corrected chi connectivity index (χ4v) is 3.54. The maximum atomic E-state index is 12.9. The van der Waals surface area contributed by atoms with E-state index in [0.717, 1.165) is 34.4 Å². The minimum Gasteiger partial charge on any atom is -0.473 e. The van der Waals surface area contributed by atoms with Gasteiger partial charge in [-0.25, -0.2) is 19.0 Å². The zero-order valence-corrected chi connectivity index (χ0v) is 17.0. The van der Waals surface area contributed by atoms with Crippen molar-refractivity contribution >= 4 is 38.6 Å². The Labute approximate surface area is 173 Å². The van der Waals surface area contributed by atoms with Gasteiger partial charge in [0, 0.05) is 4.47 Å². The summed E-state index contributed by atoms with van der Waals surface area (Å²) < 4.78 is 20.7. The molecule has 2 heterocycles. The van der Waals surface area contributed by atoms with Gasteiger partial charge in [0.2, 0.25) is 17.7 Å². The van der Waals surface area contributed by atoms with Crippen molar-refractivity contribution < 1.29 is 13.9 Å². The monoisotopic (exact) mass is 461 g/mol. The second kappa shape index (κ2) is 7.86. The predicted octanol–water partition coefficient (Wildman–Crippen LogP) is 2.90. The second-order valence-corrected chi connectivity index (χ2v) is 7.96. The van der Waals surface area contributed by atoms with E-state index in [1.165, 1.54) is 0 Å². The molecule has 0 radical (unpaired) electrons. The zero-order valence-electron chi connectivity index (χ0n) is 15.4. The molecule has 1 aromatic carbocycles. The Balaban J connectivity index is 1.63. The van der Waals surface area contributed by atoms with Gasteiger partial charge in [-0.05, 0) is 37.0 Å². The van der Waals surface area contributed by atoms with Crippen LogP contribution in [0.1, 0.15) is 19.8 Å². The number of carbonyl (C=O) groups excluding carboxylic acids is 1. The minimum absolute atomic E-state index is 0.0343. The second-order valence-electron chi connectivity index (χ2n) is 7.05. The van der Waals surface area contributed by atoms with Crippen LogP contribution in [0.2, 0.25) is 0 Å². The first-order valence-electron chi connectivity index (χ1n) is 9.03. The Bertz CT molecular complexity index is 1130. The lowest BCUT2D eigenvalue weighted by molar-refractivity contribution is -0.117. The van der Waals surface area contributed by atoms with Crippen LogP contribution in [0.5, 0.6) is 5.88 Å². The van der Waals surface area contributed by atoms with Gasteiger partial charge < -0.3 is 4.74 Å². The highest BCUT2D eigenvalue weighted by atomic mass is 79.9. The molecule has 0 unspecified atom stereocenters. The Morgan fingerprint density at radius 2 is 2.03 bits per heavy atom. The van der Waals surface area contributed by atoms with E-state index < -0.39 is 17.3 Å². The molecule has 0 bridgehead atoms. The molecule has 8 nitrogen and oxygen atoms in total. The molecule has 1 fully saturated rings. The third kappa shape index (κ3) is 4.26. The highest BCUT2D eigenvalue weighted by Gasteiger charge is 2.28. The van der Waals surface area contributed by atoms with Crippen LogP contribution >= 0.6 is 15.9 Å². The molecular formula is C19H17BrFN5O3. The van der Waals surface area contributed by atoms with E-state index in [1.54, 1.807) is 18.2 Å². The smallest absolute Gasteiger partial charge is 0.275 e. The average Bonchev–Trinajstić information content (AvgIpc) is 2.66. The Kier molecular flexibility index (Phi) is 5.27. The lowest BCUT2D eigenvalue weighted by Crippen LogP contribution is -2.34. The van der Waals surface area contributed by atoms with Crippen LogP contribution in [-0.2, 0) is 11.3 Å². The van der Waals surface area contributed by atoms with E-state index >= 15 is 0 Å². The fraction of sp³-hybridized carbons (Fsp3) is 0.316. The number of amides is 1. The molecule has 1 saturated carbocycles. The molecule has 1 aliphatic carbocycles. The maximum Gasteiger partial charge on any atom is 0.275 e. The van der Waals surface area contributed by atoms with Crippen LogP contribution in [0.4, 0.5) is 10.3 Å². The molecule has 29 heavy (non-hydrogen) atoms. The number of hydrogen-bond acceptors (Lipinski definition) is 6. The number of fused-ring (bicyclic) bond motifs is 1. The molecule has 0 aliphatic heterocycles. The number of hydrogen-bond donors (Lipinski definition) is 1. The lowest BCUT2D eigenvalue weighted by Gasteiger charge is -2.32. The van der Waals surface area contributed by atoms with E-state index in [4.69, 9.17) is 4.74 Å². The Hall–Kier alpha value is -2.88. The van der Waals surface area contributed by atoms with Gasteiger partial charge in [-0.2, -0.15) is 0 Å². The standard InChI is InChI=1S/C19H17BrFN5O3/c1-10-4-13(5-10)29-17-15-6-11(20)2-3-14(15)18(28)26(25-17)9-16(27)24-19-22-7-12(21)8-23-19/h2-3,6-8,10,13H,4-5,9H2,1H3,(H,22,23,24,27)/t10-,13-. The summed E-state index contributed by atoms with van der Waals surface area (Å²) in [5, 5.41) is 7.68. The Morgan fingerprint density at radius 1 is 1.31 bits per heavy atom. The predicted molar refractivity (Wildman–Crippen MR) is 107 cm³/mol. The van der Waals surface area contributed by atoms with Crippen molar-refractivity contribution in [2.24, 2.45) is 5.92 Å². The third-order valence-corrected chi connectivity index (χ3v) is 5.16. The number of halogens is 2. The number of nitrogens with one attached hydrogen (secondary N) is 1. The molecule has 2 aromatic heterocycles. The van der Waals surface area contributed by atoms with Crippen molar-refractivity contribution in [2.45, 2.75) is 32.4 Å². The first kappa shape index (κ1) is 19.4. The molecule has 150 valence electrons. The van der Waals surface area contributed by atoms with Crippen LogP contribution in [0.25, 0.3) is 10.8 Å². The van der Waals surface area contributed by atoms with E-state index in [-0.39, 0.29) is 18.6 Å². The summed E-state index contributed by atoms with van der Waals surface area (Å²) in [6.45, 7) is 1.79. The van der Waals surface area contributed by atoms with Crippen molar-refractivity contribution in [1.29, 1.82) is 0 Å². The first-order valence-corrected chi connectivity index (χ1v) is 9.83. The normalized spacial score (nSPS) is 18.3. The number of carbonyl (C=O) groups is 1. The molecule has 4 rings (SSSR count). The van der Waals surface area contributed by atoms with Crippen LogP contribution in [-0.4, -0.2) is 31.8 Å². The van der Waals surface area contributed by atoms with Gasteiger partial charge in [0.1, 0.15) is 12.6 Å². The summed E-state index contributed by atoms with van der Waals surface area (Å²) in [6, 6.07) is 5.19. The van der Waals surface area contributed by atoms with Crippen molar-refractivity contribution in [3.8, 4) is 5.88 Å². The molecule has 0 saturated heterocycles. The van der Waals surface area contributed by atoms with E-state index in [9.17, 15) is 14.0 Å². The highest BCUT2D eigenvalue weighted by molar-refractivity contribution is 9.10. The summed E-state index contributed by atoms with van der Waals surface area (Å²) >= 11 is 3.40. The van der Waals surface area contributed by atoms with Gasteiger partial charge in [-0.1, -0.05) is 22.9 Å². The summed E-state index contributed by atoms with van der Waals surface area (Å²) in [7, 11) is 0. The zero-order chi connectivity index (χ0) is 20.5. The molecule has 3 aromatic rings. The number of rotatable bonds is 5.